The van der Waals surface area contributed by atoms with Crippen LogP contribution in [0.2, 0.25) is 0 Å². The maximum atomic E-state index is 4.74. The van der Waals surface area contributed by atoms with Crippen molar-refractivity contribution < 1.29 is 0 Å². The molecular formula is C21H24N6. The van der Waals surface area contributed by atoms with E-state index in [1.54, 1.807) is 6.20 Å². The normalized spacial score (nSPS) is 15.2. The molecule has 4 rings (SSSR count). The van der Waals surface area contributed by atoms with E-state index in [9.17, 15) is 0 Å². The molecule has 0 saturated carbocycles. The summed E-state index contributed by atoms with van der Waals surface area (Å²) in [7, 11) is 2.14. The largest absolute Gasteiger partial charge is 0.323 e. The lowest BCUT2D eigenvalue weighted by molar-refractivity contribution is 0.370. The molecule has 0 saturated heterocycles. The van der Waals surface area contributed by atoms with Crippen LogP contribution >= 0.6 is 0 Å². The molecule has 0 radical (unpaired) electrons. The SMILES string of the molecule is CC(C)c1cnnc(Nc2ccc3ncc(C4=CCN(C)CC4)cc3n2)c1. The van der Waals surface area contributed by atoms with Gasteiger partial charge in [-0.3, -0.25) is 4.98 Å². The molecule has 6 heteroatoms. The Morgan fingerprint density at radius 3 is 2.74 bits per heavy atom. The summed E-state index contributed by atoms with van der Waals surface area (Å²) in [5, 5.41) is 11.5. The second kappa shape index (κ2) is 7.40. The zero-order chi connectivity index (χ0) is 18.8. The quantitative estimate of drug-likeness (QED) is 0.758. The van der Waals surface area contributed by atoms with E-state index in [1.165, 1.54) is 5.57 Å². The van der Waals surface area contributed by atoms with Gasteiger partial charge in [-0.2, -0.15) is 5.10 Å². The molecule has 1 aliphatic rings. The van der Waals surface area contributed by atoms with Crippen molar-refractivity contribution >= 4 is 28.2 Å². The van der Waals surface area contributed by atoms with Gasteiger partial charge in [-0.05, 0) is 60.4 Å². The van der Waals surface area contributed by atoms with Crippen LogP contribution in [-0.4, -0.2) is 45.2 Å². The van der Waals surface area contributed by atoms with Gasteiger partial charge in [0.25, 0.3) is 0 Å². The Hall–Kier alpha value is -2.86. The molecule has 0 aliphatic carbocycles. The molecule has 0 amide bonds. The molecule has 0 atom stereocenters. The van der Waals surface area contributed by atoms with Crippen molar-refractivity contribution in [2.75, 3.05) is 25.5 Å². The van der Waals surface area contributed by atoms with E-state index in [4.69, 9.17) is 4.98 Å². The van der Waals surface area contributed by atoms with Gasteiger partial charge in [0.2, 0.25) is 0 Å². The lowest BCUT2D eigenvalue weighted by Crippen LogP contribution is -2.23. The number of nitrogens with zero attached hydrogens (tertiary/aromatic N) is 5. The van der Waals surface area contributed by atoms with Crippen LogP contribution in [0.1, 0.15) is 37.3 Å². The van der Waals surface area contributed by atoms with Gasteiger partial charge in [0.05, 0.1) is 17.2 Å². The number of pyridine rings is 2. The molecule has 4 heterocycles. The van der Waals surface area contributed by atoms with Crippen LogP contribution in [0.25, 0.3) is 16.6 Å². The first-order chi connectivity index (χ1) is 13.1. The molecule has 0 aromatic carbocycles. The molecule has 27 heavy (non-hydrogen) atoms. The molecule has 3 aromatic rings. The Morgan fingerprint density at radius 1 is 1.07 bits per heavy atom. The summed E-state index contributed by atoms with van der Waals surface area (Å²) in [5.74, 6) is 1.85. The third kappa shape index (κ3) is 3.95. The number of anilines is 2. The molecule has 3 aromatic heterocycles. The van der Waals surface area contributed by atoms with Gasteiger partial charge >= 0.3 is 0 Å². The van der Waals surface area contributed by atoms with Crippen molar-refractivity contribution in [2.45, 2.75) is 26.2 Å². The Morgan fingerprint density at radius 2 is 1.96 bits per heavy atom. The zero-order valence-electron chi connectivity index (χ0n) is 16.0. The highest BCUT2D eigenvalue weighted by Crippen LogP contribution is 2.25. The second-order valence-electron chi connectivity index (χ2n) is 7.35. The number of fused-ring (bicyclic) bond motifs is 1. The predicted octanol–water partition coefficient (Wildman–Crippen LogP) is 4.01. The molecule has 0 unspecified atom stereocenters. The number of hydrogen-bond donors (Lipinski definition) is 1. The van der Waals surface area contributed by atoms with E-state index >= 15 is 0 Å². The van der Waals surface area contributed by atoms with Crippen molar-refractivity contribution in [1.29, 1.82) is 0 Å². The van der Waals surface area contributed by atoms with Crippen LogP contribution in [-0.2, 0) is 0 Å². The first-order valence-corrected chi connectivity index (χ1v) is 9.33. The molecule has 138 valence electrons. The number of nitrogens with one attached hydrogen (secondary N) is 1. The van der Waals surface area contributed by atoms with Crippen LogP contribution < -0.4 is 5.32 Å². The molecule has 0 bridgehead atoms. The van der Waals surface area contributed by atoms with Crippen molar-refractivity contribution in [3.63, 3.8) is 0 Å². The average Bonchev–Trinajstić information content (AvgIpc) is 2.68. The van der Waals surface area contributed by atoms with Crippen LogP contribution in [0.3, 0.4) is 0 Å². The highest BCUT2D eigenvalue weighted by atomic mass is 15.2. The van der Waals surface area contributed by atoms with Gasteiger partial charge < -0.3 is 10.2 Å². The Labute approximate surface area is 159 Å². The van der Waals surface area contributed by atoms with E-state index < -0.39 is 0 Å². The van der Waals surface area contributed by atoms with Crippen LogP contribution in [0.4, 0.5) is 11.6 Å². The van der Waals surface area contributed by atoms with Crippen molar-refractivity contribution in [2.24, 2.45) is 0 Å². The van der Waals surface area contributed by atoms with Gasteiger partial charge in [0.1, 0.15) is 5.82 Å². The van der Waals surface area contributed by atoms with Crippen molar-refractivity contribution in [1.82, 2.24) is 25.1 Å². The van der Waals surface area contributed by atoms with Crippen molar-refractivity contribution in [3.8, 4) is 0 Å². The lowest BCUT2D eigenvalue weighted by atomic mass is 10.0. The fourth-order valence-electron chi connectivity index (χ4n) is 3.17. The third-order valence-electron chi connectivity index (χ3n) is 4.92. The summed E-state index contributed by atoms with van der Waals surface area (Å²) in [5.41, 5.74) is 5.41. The van der Waals surface area contributed by atoms with Gasteiger partial charge in [0, 0.05) is 19.3 Å². The minimum Gasteiger partial charge on any atom is -0.323 e. The molecule has 0 spiro atoms. The number of likely N-dealkylation sites (N-methyl/N-ethyl adjacent to an activating group) is 1. The fraction of sp³-hybridized carbons (Fsp3) is 0.333. The Kier molecular flexibility index (Phi) is 4.81. The molecule has 6 nitrogen and oxygen atoms in total. The second-order valence-corrected chi connectivity index (χ2v) is 7.35. The minimum atomic E-state index is 0.403. The summed E-state index contributed by atoms with van der Waals surface area (Å²) in [6, 6.07) is 8.05. The van der Waals surface area contributed by atoms with E-state index in [-0.39, 0.29) is 0 Å². The van der Waals surface area contributed by atoms with E-state index in [0.29, 0.717) is 11.7 Å². The predicted molar refractivity (Wildman–Crippen MR) is 109 cm³/mol. The van der Waals surface area contributed by atoms with Crippen LogP contribution in [0.15, 0.2) is 42.7 Å². The van der Waals surface area contributed by atoms with E-state index in [1.807, 2.05) is 24.4 Å². The molecular weight excluding hydrogens is 336 g/mol. The van der Waals surface area contributed by atoms with Gasteiger partial charge in [-0.25, -0.2) is 4.98 Å². The summed E-state index contributed by atoms with van der Waals surface area (Å²) in [6.07, 6.45) is 7.07. The minimum absolute atomic E-state index is 0.403. The first kappa shape index (κ1) is 17.5. The summed E-state index contributed by atoms with van der Waals surface area (Å²) in [4.78, 5) is 11.6. The first-order valence-electron chi connectivity index (χ1n) is 9.33. The number of aromatic nitrogens is 4. The highest BCUT2D eigenvalue weighted by molar-refractivity contribution is 5.81. The summed E-state index contributed by atoms with van der Waals surface area (Å²) in [6.45, 7) is 6.33. The lowest BCUT2D eigenvalue weighted by Gasteiger charge is -2.22. The summed E-state index contributed by atoms with van der Waals surface area (Å²) < 4.78 is 0. The highest BCUT2D eigenvalue weighted by Gasteiger charge is 2.11. The van der Waals surface area contributed by atoms with Gasteiger partial charge in [-0.1, -0.05) is 19.9 Å². The van der Waals surface area contributed by atoms with E-state index in [0.717, 1.165) is 47.5 Å². The maximum Gasteiger partial charge on any atom is 0.154 e. The maximum absolute atomic E-state index is 4.74. The van der Waals surface area contributed by atoms with Crippen molar-refractivity contribution in [3.05, 3.63) is 53.9 Å². The Balaban J connectivity index is 1.62. The topological polar surface area (TPSA) is 66.8 Å². The molecule has 0 fully saturated rings. The smallest absolute Gasteiger partial charge is 0.154 e. The number of rotatable bonds is 4. The van der Waals surface area contributed by atoms with Gasteiger partial charge in [-0.15, -0.1) is 5.10 Å². The van der Waals surface area contributed by atoms with E-state index in [2.05, 4.69) is 58.4 Å². The fourth-order valence-corrected chi connectivity index (χ4v) is 3.17. The average molecular weight is 360 g/mol. The monoisotopic (exact) mass is 360 g/mol. The molecule has 1 aliphatic heterocycles. The standard InChI is InChI=1S/C21H24N6/c1-14(2)16-11-21(26-23-13-16)25-20-5-4-18-19(24-20)10-17(12-22-18)15-6-8-27(3)9-7-15/h4-6,10-14H,7-9H2,1-3H3,(H,24,25,26). The molecule has 1 N–H and O–H groups in total. The van der Waals surface area contributed by atoms with Gasteiger partial charge in [0.15, 0.2) is 5.82 Å². The zero-order valence-corrected chi connectivity index (χ0v) is 16.0. The van der Waals surface area contributed by atoms with Crippen LogP contribution in [0.5, 0.6) is 0 Å². The number of hydrogen-bond acceptors (Lipinski definition) is 6. The Bertz CT molecular complexity index is 995. The van der Waals surface area contributed by atoms with Crippen LogP contribution in [0, 0.1) is 0 Å². The third-order valence-corrected chi connectivity index (χ3v) is 4.92. The summed E-state index contributed by atoms with van der Waals surface area (Å²) >= 11 is 0.